The van der Waals surface area contributed by atoms with Crippen LogP contribution in [0.4, 0.5) is 8.78 Å². The van der Waals surface area contributed by atoms with E-state index in [-0.39, 0.29) is 18.4 Å². The number of hydrogen-bond donors (Lipinski definition) is 2. The van der Waals surface area contributed by atoms with Gasteiger partial charge in [-0.3, -0.25) is 4.79 Å². The topological polar surface area (TPSA) is 52.6 Å². The molecule has 1 amide bonds. The van der Waals surface area contributed by atoms with Gasteiger partial charge in [0.05, 0.1) is 25.1 Å². The highest BCUT2D eigenvalue weighted by atomic mass is 19.3. The number of carbonyl (C=O) groups is 1. The Hall–Kier alpha value is -0.750. The first kappa shape index (κ1) is 10.8. The van der Waals surface area contributed by atoms with Gasteiger partial charge in [0, 0.05) is 19.5 Å². The molecule has 4 nitrogen and oxygen atoms in total. The fraction of sp³-hybridized carbons (Fsp3) is 0.889. The van der Waals surface area contributed by atoms with E-state index in [9.17, 15) is 13.6 Å². The fourth-order valence-corrected chi connectivity index (χ4v) is 2.02. The monoisotopic (exact) mass is 220 g/mol. The Morgan fingerprint density at radius 2 is 2.20 bits per heavy atom. The second-order valence-corrected chi connectivity index (χ2v) is 4.22. The highest BCUT2D eigenvalue weighted by molar-refractivity contribution is 5.81. The minimum absolute atomic E-state index is 0.187. The normalized spacial score (nSPS) is 30.3. The number of hydrogen-bond acceptors (Lipinski definition) is 3. The summed E-state index contributed by atoms with van der Waals surface area (Å²) in [4.78, 5) is 12.9. The maximum absolute atomic E-state index is 13.1. The first-order chi connectivity index (χ1) is 7.03. The predicted molar refractivity (Wildman–Crippen MR) is 48.5 cm³/mol. The summed E-state index contributed by atoms with van der Waals surface area (Å²) < 4.78 is 26.1. The van der Waals surface area contributed by atoms with Gasteiger partial charge >= 0.3 is 0 Å². The number of amides is 1. The lowest BCUT2D eigenvalue weighted by Crippen LogP contribution is -2.53. The minimum Gasteiger partial charge on any atom is -0.394 e. The van der Waals surface area contributed by atoms with Gasteiger partial charge in [0.2, 0.25) is 5.91 Å². The van der Waals surface area contributed by atoms with E-state index in [1.54, 1.807) is 0 Å². The molecule has 6 heteroatoms. The van der Waals surface area contributed by atoms with Gasteiger partial charge in [-0.25, -0.2) is 8.78 Å². The van der Waals surface area contributed by atoms with E-state index in [1.165, 1.54) is 0 Å². The van der Waals surface area contributed by atoms with E-state index < -0.39 is 24.9 Å². The van der Waals surface area contributed by atoms with Crippen LogP contribution in [0.5, 0.6) is 0 Å². The maximum Gasteiger partial charge on any atom is 0.267 e. The Morgan fingerprint density at radius 1 is 1.53 bits per heavy atom. The number of likely N-dealkylation sites (tertiary alicyclic amines) is 1. The zero-order chi connectivity index (χ0) is 11.1. The van der Waals surface area contributed by atoms with Crippen LogP contribution in [0.2, 0.25) is 0 Å². The molecule has 2 fully saturated rings. The number of rotatable bonds is 2. The molecule has 0 unspecified atom stereocenters. The number of aliphatic hydroxyl groups excluding tert-OH is 1. The van der Waals surface area contributed by atoms with Crippen LogP contribution in [-0.2, 0) is 4.79 Å². The molecule has 0 spiro atoms. The van der Waals surface area contributed by atoms with Crippen molar-refractivity contribution in [1.29, 1.82) is 0 Å². The summed E-state index contributed by atoms with van der Waals surface area (Å²) in [6, 6.07) is -0.715. The Kier molecular flexibility index (Phi) is 2.64. The van der Waals surface area contributed by atoms with Crippen molar-refractivity contribution in [3.8, 4) is 0 Å². The second-order valence-electron chi connectivity index (χ2n) is 4.22. The fourth-order valence-electron chi connectivity index (χ4n) is 2.02. The molecule has 0 radical (unpaired) electrons. The van der Waals surface area contributed by atoms with Gasteiger partial charge in [-0.1, -0.05) is 0 Å². The Balaban J connectivity index is 2.03. The SMILES string of the molecule is O=C(C1CNC1)N1CC(F)(F)C[C@@H]1CO. The lowest BCUT2D eigenvalue weighted by atomic mass is 10.0. The number of alkyl halides is 2. The zero-order valence-corrected chi connectivity index (χ0v) is 8.25. The molecule has 2 rings (SSSR count). The molecule has 0 aromatic heterocycles. The molecule has 0 bridgehead atoms. The van der Waals surface area contributed by atoms with Crippen LogP contribution < -0.4 is 5.32 Å². The molecular weight excluding hydrogens is 206 g/mol. The summed E-state index contributed by atoms with van der Waals surface area (Å²) in [6.45, 7) is 0.174. The summed E-state index contributed by atoms with van der Waals surface area (Å²) in [6.07, 6.45) is -0.421. The Morgan fingerprint density at radius 3 is 2.67 bits per heavy atom. The highest BCUT2D eigenvalue weighted by Crippen LogP contribution is 2.32. The number of nitrogens with zero attached hydrogens (tertiary/aromatic N) is 1. The van der Waals surface area contributed by atoms with Gasteiger partial charge in [0.25, 0.3) is 5.92 Å². The van der Waals surface area contributed by atoms with Crippen LogP contribution >= 0.6 is 0 Å². The van der Waals surface area contributed by atoms with E-state index in [0.717, 1.165) is 4.90 Å². The first-order valence-corrected chi connectivity index (χ1v) is 5.03. The Labute approximate surface area is 86.2 Å². The summed E-state index contributed by atoms with van der Waals surface area (Å²) in [5.41, 5.74) is 0. The number of nitrogens with one attached hydrogen (secondary N) is 1. The number of aliphatic hydroxyl groups is 1. The molecule has 2 heterocycles. The second kappa shape index (κ2) is 3.68. The van der Waals surface area contributed by atoms with Gasteiger partial charge in [0.15, 0.2) is 0 Å². The van der Waals surface area contributed by atoms with Crippen molar-refractivity contribution in [1.82, 2.24) is 10.2 Å². The molecule has 2 saturated heterocycles. The molecule has 1 atom stereocenters. The van der Waals surface area contributed by atoms with E-state index in [1.807, 2.05) is 0 Å². The molecule has 2 aliphatic rings. The zero-order valence-electron chi connectivity index (χ0n) is 8.25. The van der Waals surface area contributed by atoms with E-state index >= 15 is 0 Å². The molecule has 2 aliphatic heterocycles. The molecule has 0 saturated carbocycles. The lowest BCUT2D eigenvalue weighted by molar-refractivity contribution is -0.139. The van der Waals surface area contributed by atoms with Crippen molar-refractivity contribution in [2.75, 3.05) is 26.2 Å². The molecule has 2 N–H and O–H groups in total. The quantitative estimate of drug-likeness (QED) is 0.655. The average Bonchev–Trinajstić information content (AvgIpc) is 2.38. The smallest absolute Gasteiger partial charge is 0.267 e. The molecule has 86 valence electrons. The third-order valence-electron chi connectivity index (χ3n) is 3.00. The van der Waals surface area contributed by atoms with E-state index in [4.69, 9.17) is 5.11 Å². The van der Waals surface area contributed by atoms with Crippen LogP contribution in [-0.4, -0.2) is 54.1 Å². The van der Waals surface area contributed by atoms with E-state index in [2.05, 4.69) is 5.32 Å². The highest BCUT2D eigenvalue weighted by Gasteiger charge is 2.48. The van der Waals surface area contributed by atoms with Crippen LogP contribution in [0, 0.1) is 5.92 Å². The molecule has 0 aromatic rings. The van der Waals surface area contributed by atoms with Crippen molar-refractivity contribution in [3.05, 3.63) is 0 Å². The van der Waals surface area contributed by atoms with Crippen molar-refractivity contribution < 1.29 is 18.7 Å². The average molecular weight is 220 g/mol. The lowest BCUT2D eigenvalue weighted by Gasteiger charge is -2.32. The first-order valence-electron chi connectivity index (χ1n) is 5.03. The van der Waals surface area contributed by atoms with Gasteiger partial charge in [-0.15, -0.1) is 0 Å². The van der Waals surface area contributed by atoms with Crippen LogP contribution in [0.25, 0.3) is 0 Å². The summed E-state index contributed by atoms with van der Waals surface area (Å²) in [5.74, 6) is -3.29. The molecule has 0 aliphatic carbocycles. The minimum atomic E-state index is -2.85. The molecular formula is C9H14F2N2O2. The van der Waals surface area contributed by atoms with Gasteiger partial charge in [-0.05, 0) is 0 Å². The molecule has 15 heavy (non-hydrogen) atoms. The third-order valence-corrected chi connectivity index (χ3v) is 3.00. The Bertz CT molecular complexity index is 269. The van der Waals surface area contributed by atoms with Crippen molar-refractivity contribution in [3.63, 3.8) is 0 Å². The van der Waals surface area contributed by atoms with Crippen LogP contribution in [0.3, 0.4) is 0 Å². The third kappa shape index (κ3) is 1.96. The number of carbonyl (C=O) groups excluding carboxylic acids is 1. The summed E-state index contributed by atoms with van der Waals surface area (Å²) in [5, 5.41) is 11.9. The van der Waals surface area contributed by atoms with Crippen LogP contribution in [0.15, 0.2) is 0 Å². The van der Waals surface area contributed by atoms with Gasteiger partial charge < -0.3 is 15.3 Å². The van der Waals surface area contributed by atoms with E-state index in [0.29, 0.717) is 13.1 Å². The summed E-state index contributed by atoms with van der Waals surface area (Å²) in [7, 11) is 0. The van der Waals surface area contributed by atoms with Gasteiger partial charge in [-0.2, -0.15) is 0 Å². The standard InChI is InChI=1S/C9H14F2N2O2/c10-9(11)1-7(4-14)13(5-9)8(15)6-2-12-3-6/h6-7,12,14H,1-5H2/t7-/m1/s1. The maximum atomic E-state index is 13.1. The van der Waals surface area contributed by atoms with Crippen LogP contribution in [0.1, 0.15) is 6.42 Å². The van der Waals surface area contributed by atoms with Crippen molar-refractivity contribution >= 4 is 5.91 Å². The predicted octanol–water partition coefficient (Wildman–Crippen LogP) is -0.566. The number of halogens is 2. The van der Waals surface area contributed by atoms with Gasteiger partial charge in [0.1, 0.15) is 0 Å². The van der Waals surface area contributed by atoms with Crippen molar-refractivity contribution in [2.24, 2.45) is 5.92 Å². The van der Waals surface area contributed by atoms with Crippen molar-refractivity contribution in [2.45, 2.75) is 18.4 Å². The summed E-state index contributed by atoms with van der Waals surface area (Å²) >= 11 is 0. The molecule has 0 aromatic carbocycles. The largest absolute Gasteiger partial charge is 0.394 e.